The van der Waals surface area contributed by atoms with Crippen LogP contribution < -0.4 is 4.90 Å². The van der Waals surface area contributed by atoms with Crippen molar-refractivity contribution in [2.45, 2.75) is 0 Å². The number of hydrogen-bond donors (Lipinski definition) is 0. The fourth-order valence-corrected chi connectivity index (χ4v) is 6.82. The SMILES string of the molecule is c1cnc2cc(-c3ccc(N(c4ccc(-c5cnc6cccnc6c5)cc4)c4ccc(-c5ccc6c(n5)oc5ccccc56)cc4)cc3)cnc2c1. The number of benzene rings is 4. The molecular weight excluding hydrogens is 641 g/mol. The highest BCUT2D eigenvalue weighted by atomic mass is 16.3. The van der Waals surface area contributed by atoms with Crippen LogP contribution in [-0.2, 0) is 0 Å². The van der Waals surface area contributed by atoms with Crippen LogP contribution in [0.3, 0.4) is 0 Å². The number of anilines is 3. The van der Waals surface area contributed by atoms with Crippen LogP contribution in [0, 0.1) is 0 Å². The monoisotopic (exact) mass is 668 g/mol. The Balaban J connectivity index is 1.02. The Morgan fingerprint density at radius 3 is 1.52 bits per heavy atom. The maximum Gasteiger partial charge on any atom is 0.227 e. The number of fused-ring (bicyclic) bond motifs is 5. The van der Waals surface area contributed by atoms with E-state index < -0.39 is 0 Å². The van der Waals surface area contributed by atoms with Gasteiger partial charge in [0.25, 0.3) is 0 Å². The Bertz CT molecular complexity index is 2780. The fourth-order valence-electron chi connectivity index (χ4n) is 6.82. The van der Waals surface area contributed by atoms with Gasteiger partial charge in [0.1, 0.15) is 5.58 Å². The van der Waals surface area contributed by atoms with Gasteiger partial charge in [0.2, 0.25) is 5.71 Å². The van der Waals surface area contributed by atoms with Crippen LogP contribution in [0.1, 0.15) is 0 Å². The van der Waals surface area contributed by atoms with Crippen molar-refractivity contribution >= 4 is 61.2 Å². The summed E-state index contributed by atoms with van der Waals surface area (Å²) in [6, 6.07) is 49.8. The Morgan fingerprint density at radius 1 is 0.404 bits per heavy atom. The first-order valence-corrected chi connectivity index (χ1v) is 17.0. The van der Waals surface area contributed by atoms with E-state index in [0.717, 1.165) is 89.0 Å². The van der Waals surface area contributed by atoms with E-state index in [1.807, 2.05) is 54.9 Å². The fraction of sp³-hybridized carbons (Fsp3) is 0. The minimum atomic E-state index is 0.638. The van der Waals surface area contributed by atoms with E-state index in [0.29, 0.717) is 5.71 Å². The number of pyridine rings is 5. The minimum Gasteiger partial charge on any atom is -0.438 e. The molecule has 0 saturated heterocycles. The molecule has 7 nitrogen and oxygen atoms in total. The molecule has 0 spiro atoms. The molecule has 6 aromatic heterocycles. The van der Waals surface area contributed by atoms with Crippen LogP contribution in [-0.4, -0.2) is 24.9 Å². The largest absolute Gasteiger partial charge is 0.438 e. The number of hydrogen-bond acceptors (Lipinski definition) is 7. The highest BCUT2D eigenvalue weighted by Gasteiger charge is 2.15. The molecule has 0 aliphatic rings. The summed E-state index contributed by atoms with van der Waals surface area (Å²) < 4.78 is 6.08. The molecule has 0 aliphatic heterocycles. The van der Waals surface area contributed by atoms with Crippen molar-refractivity contribution in [2.24, 2.45) is 0 Å². The molecule has 0 radical (unpaired) electrons. The molecular formula is C45H28N6O. The minimum absolute atomic E-state index is 0.638. The van der Waals surface area contributed by atoms with Gasteiger partial charge in [0.05, 0.1) is 27.8 Å². The van der Waals surface area contributed by atoms with Crippen molar-refractivity contribution in [3.05, 3.63) is 170 Å². The van der Waals surface area contributed by atoms with Gasteiger partial charge in [-0.3, -0.25) is 19.9 Å². The van der Waals surface area contributed by atoms with E-state index in [9.17, 15) is 0 Å². The van der Waals surface area contributed by atoms with Crippen molar-refractivity contribution in [3.63, 3.8) is 0 Å². The lowest BCUT2D eigenvalue weighted by Crippen LogP contribution is -2.09. The smallest absolute Gasteiger partial charge is 0.227 e. The predicted octanol–water partition coefficient (Wildman–Crippen LogP) is 11.3. The number of rotatable bonds is 6. The summed E-state index contributed by atoms with van der Waals surface area (Å²) in [5, 5.41) is 2.09. The molecule has 0 amide bonds. The third kappa shape index (κ3) is 5.28. The summed E-state index contributed by atoms with van der Waals surface area (Å²) in [4.78, 5) is 25.4. The van der Waals surface area contributed by atoms with Crippen molar-refractivity contribution < 1.29 is 4.42 Å². The zero-order chi connectivity index (χ0) is 34.4. The molecule has 6 heterocycles. The van der Waals surface area contributed by atoms with E-state index in [4.69, 9.17) is 9.40 Å². The Morgan fingerprint density at radius 2 is 0.942 bits per heavy atom. The van der Waals surface area contributed by atoms with Gasteiger partial charge in [0.15, 0.2) is 0 Å². The molecule has 0 saturated carbocycles. The maximum atomic E-state index is 6.08. The lowest BCUT2D eigenvalue weighted by atomic mass is 10.0. The van der Waals surface area contributed by atoms with Crippen LogP contribution in [0.4, 0.5) is 17.1 Å². The Labute approximate surface area is 298 Å². The summed E-state index contributed by atoms with van der Waals surface area (Å²) in [5.74, 6) is 0. The van der Waals surface area contributed by atoms with Gasteiger partial charge in [-0.2, -0.15) is 0 Å². The van der Waals surface area contributed by atoms with Crippen LogP contribution >= 0.6 is 0 Å². The van der Waals surface area contributed by atoms with E-state index in [1.54, 1.807) is 12.4 Å². The number of furan rings is 1. The molecule has 7 heteroatoms. The lowest BCUT2D eigenvalue weighted by Gasteiger charge is -2.26. The number of para-hydroxylation sites is 1. The standard InChI is InChI=1S/C45H28N6O/c1-2-8-44-37(5-1)38-21-22-39(50-45(38)52-44)31-13-19-36(20-14-31)51(34-15-9-29(10-16-34)32-25-42-40(48-27-32)6-3-23-46-42)35-17-11-30(12-18-35)33-26-43-41(49-28-33)7-4-24-47-43/h1-28H. The van der Waals surface area contributed by atoms with Crippen LogP contribution in [0.15, 0.2) is 175 Å². The Kier molecular flexibility index (Phi) is 6.99. The second-order valence-electron chi connectivity index (χ2n) is 12.7. The van der Waals surface area contributed by atoms with E-state index >= 15 is 0 Å². The number of nitrogens with zero attached hydrogens (tertiary/aromatic N) is 6. The lowest BCUT2D eigenvalue weighted by molar-refractivity contribution is 0.654. The van der Waals surface area contributed by atoms with Gasteiger partial charge >= 0.3 is 0 Å². The summed E-state index contributed by atoms with van der Waals surface area (Å²) >= 11 is 0. The van der Waals surface area contributed by atoms with Crippen molar-refractivity contribution in [1.82, 2.24) is 24.9 Å². The second-order valence-corrected chi connectivity index (χ2v) is 12.7. The summed E-state index contributed by atoms with van der Waals surface area (Å²) in [5.41, 5.74) is 14.1. The zero-order valence-electron chi connectivity index (χ0n) is 27.8. The molecule has 4 aromatic carbocycles. The van der Waals surface area contributed by atoms with Gasteiger partial charge in [-0.15, -0.1) is 0 Å². The van der Waals surface area contributed by atoms with Gasteiger partial charge < -0.3 is 9.32 Å². The van der Waals surface area contributed by atoms with Crippen LogP contribution in [0.5, 0.6) is 0 Å². The van der Waals surface area contributed by atoms with E-state index in [2.05, 4.69) is 128 Å². The topological polar surface area (TPSA) is 80.8 Å². The molecule has 0 aliphatic carbocycles. The molecule has 0 bridgehead atoms. The van der Waals surface area contributed by atoms with E-state index in [-0.39, 0.29) is 0 Å². The molecule has 10 aromatic rings. The summed E-state index contributed by atoms with van der Waals surface area (Å²) in [6.45, 7) is 0. The Hall–Kier alpha value is -7.25. The van der Waals surface area contributed by atoms with E-state index in [1.165, 1.54) is 0 Å². The van der Waals surface area contributed by atoms with Gasteiger partial charge in [-0.05, 0) is 102 Å². The van der Waals surface area contributed by atoms with Gasteiger partial charge in [-0.1, -0.05) is 54.6 Å². The molecule has 52 heavy (non-hydrogen) atoms. The molecule has 0 atom stereocenters. The predicted molar refractivity (Wildman–Crippen MR) is 209 cm³/mol. The molecule has 10 rings (SSSR count). The average molecular weight is 669 g/mol. The first kappa shape index (κ1) is 29.6. The summed E-state index contributed by atoms with van der Waals surface area (Å²) in [7, 11) is 0. The maximum absolute atomic E-state index is 6.08. The second kappa shape index (κ2) is 12.3. The molecule has 0 unspecified atom stereocenters. The summed E-state index contributed by atoms with van der Waals surface area (Å²) in [6.07, 6.45) is 7.40. The van der Waals surface area contributed by atoms with Gasteiger partial charge in [-0.25, -0.2) is 4.98 Å². The highest BCUT2D eigenvalue weighted by molar-refractivity contribution is 6.04. The molecule has 0 fully saturated rings. The van der Waals surface area contributed by atoms with Gasteiger partial charge in [0, 0.05) is 69.3 Å². The van der Waals surface area contributed by atoms with Crippen LogP contribution in [0.2, 0.25) is 0 Å². The third-order valence-corrected chi connectivity index (χ3v) is 9.49. The molecule has 244 valence electrons. The van der Waals surface area contributed by atoms with Crippen molar-refractivity contribution in [2.75, 3.05) is 4.90 Å². The van der Waals surface area contributed by atoms with Crippen molar-refractivity contribution in [3.8, 4) is 33.5 Å². The zero-order valence-corrected chi connectivity index (χ0v) is 27.8. The van der Waals surface area contributed by atoms with Crippen molar-refractivity contribution in [1.29, 1.82) is 0 Å². The number of aromatic nitrogens is 5. The third-order valence-electron chi connectivity index (χ3n) is 9.49. The first-order chi connectivity index (χ1) is 25.7. The average Bonchev–Trinajstić information content (AvgIpc) is 3.59. The normalized spacial score (nSPS) is 11.5. The first-order valence-electron chi connectivity index (χ1n) is 17.0. The quantitative estimate of drug-likeness (QED) is 0.174. The molecule has 0 N–H and O–H groups in total. The van der Waals surface area contributed by atoms with Crippen LogP contribution in [0.25, 0.3) is 77.6 Å². The highest BCUT2D eigenvalue weighted by Crippen LogP contribution is 2.38.